The van der Waals surface area contributed by atoms with Gasteiger partial charge >= 0.3 is 0 Å². The van der Waals surface area contributed by atoms with Crippen LogP contribution in [0.25, 0.3) is 0 Å². The van der Waals surface area contributed by atoms with Crippen LogP contribution in [-0.4, -0.2) is 49.0 Å². The number of aryl methyl sites for hydroxylation is 1. The summed E-state index contributed by atoms with van der Waals surface area (Å²) in [5.41, 5.74) is 6.92. The van der Waals surface area contributed by atoms with Crippen molar-refractivity contribution in [2.45, 2.75) is 19.4 Å². The molecule has 7 nitrogen and oxygen atoms in total. The van der Waals surface area contributed by atoms with E-state index in [0.717, 1.165) is 5.69 Å². The average Bonchev–Trinajstić information content (AvgIpc) is 2.77. The van der Waals surface area contributed by atoms with E-state index in [1.165, 1.54) is 0 Å². The molecule has 0 spiro atoms. The summed E-state index contributed by atoms with van der Waals surface area (Å²) in [6, 6.07) is 3.34. The minimum Gasteiger partial charge on any atom is -0.409 e. The first kappa shape index (κ1) is 14.6. The van der Waals surface area contributed by atoms with E-state index >= 15 is 0 Å². The van der Waals surface area contributed by atoms with Gasteiger partial charge in [0.25, 0.3) is 0 Å². The van der Waals surface area contributed by atoms with E-state index in [0.29, 0.717) is 17.8 Å². The van der Waals surface area contributed by atoms with E-state index in [-0.39, 0.29) is 23.4 Å². The Balaban J connectivity index is 2.39. The molecule has 1 atom stereocenters. The molecule has 1 aliphatic heterocycles. The van der Waals surface area contributed by atoms with E-state index < -0.39 is 9.84 Å². The molecule has 2 rings (SSSR count). The number of nitrogens with zero attached hydrogens (tertiary/aromatic N) is 3. The Kier molecular flexibility index (Phi) is 3.85. The molecule has 0 radical (unpaired) electrons. The van der Waals surface area contributed by atoms with Crippen LogP contribution in [0, 0.1) is 6.92 Å². The van der Waals surface area contributed by atoms with E-state index in [1.807, 2.05) is 6.92 Å². The molecule has 0 saturated carbocycles. The van der Waals surface area contributed by atoms with E-state index in [2.05, 4.69) is 10.1 Å². The Bertz CT molecular complexity index is 642. The van der Waals surface area contributed by atoms with Gasteiger partial charge in [-0.25, -0.2) is 13.4 Å². The van der Waals surface area contributed by atoms with Gasteiger partial charge in [0.05, 0.1) is 17.1 Å². The number of oxime groups is 1. The summed E-state index contributed by atoms with van der Waals surface area (Å²) in [5, 5.41) is 11.8. The summed E-state index contributed by atoms with van der Waals surface area (Å²) in [6.07, 6.45) is 0.560. The summed E-state index contributed by atoms with van der Waals surface area (Å²) in [5.74, 6) is 0.782. The van der Waals surface area contributed by atoms with Crippen LogP contribution in [0.2, 0.25) is 0 Å². The maximum Gasteiger partial charge on any atom is 0.173 e. The fourth-order valence-corrected chi connectivity index (χ4v) is 4.09. The average molecular weight is 298 g/mol. The Morgan fingerprint density at radius 3 is 2.80 bits per heavy atom. The van der Waals surface area contributed by atoms with Crippen molar-refractivity contribution in [3.05, 3.63) is 23.4 Å². The SMILES string of the molecule is Cc1ccc(C(N)=NO)c(N(C)C2CCS(=O)(=O)C2)n1. The number of sulfone groups is 1. The molecule has 0 aliphatic carbocycles. The fraction of sp³-hybridized carbons (Fsp3) is 0.500. The number of pyridine rings is 1. The van der Waals surface area contributed by atoms with E-state index in [4.69, 9.17) is 10.9 Å². The molecule has 1 aliphatic rings. The van der Waals surface area contributed by atoms with Crippen LogP contribution in [0.3, 0.4) is 0 Å². The van der Waals surface area contributed by atoms with Crippen LogP contribution in [0.5, 0.6) is 0 Å². The lowest BCUT2D eigenvalue weighted by Crippen LogP contribution is -2.35. The molecule has 1 fully saturated rings. The number of hydrogen-bond acceptors (Lipinski definition) is 6. The van der Waals surface area contributed by atoms with Crippen molar-refractivity contribution in [1.82, 2.24) is 4.98 Å². The lowest BCUT2D eigenvalue weighted by atomic mass is 10.1. The molecule has 1 unspecified atom stereocenters. The minimum atomic E-state index is -2.98. The van der Waals surface area contributed by atoms with Crippen LogP contribution < -0.4 is 10.6 Å². The summed E-state index contributed by atoms with van der Waals surface area (Å²) < 4.78 is 23.2. The monoisotopic (exact) mass is 298 g/mol. The van der Waals surface area contributed by atoms with Gasteiger partial charge in [-0.1, -0.05) is 5.16 Å². The number of aromatic nitrogens is 1. The summed E-state index contributed by atoms with van der Waals surface area (Å²) >= 11 is 0. The van der Waals surface area contributed by atoms with E-state index in [1.54, 1.807) is 24.1 Å². The molecule has 1 aromatic heterocycles. The fourth-order valence-electron chi connectivity index (χ4n) is 2.32. The standard InChI is InChI=1S/C12H18N4O3S/c1-8-3-4-10(11(13)15-17)12(14-8)16(2)9-5-6-20(18,19)7-9/h3-4,9,17H,5-7H2,1-2H3,(H2,13,15). The number of hydrogen-bond donors (Lipinski definition) is 2. The maximum absolute atomic E-state index is 11.6. The third-order valence-corrected chi connectivity index (χ3v) is 5.24. The summed E-state index contributed by atoms with van der Waals surface area (Å²) in [6.45, 7) is 1.83. The third-order valence-electron chi connectivity index (χ3n) is 3.49. The molecular weight excluding hydrogens is 280 g/mol. The van der Waals surface area contributed by atoms with Gasteiger partial charge in [-0.2, -0.15) is 0 Å². The van der Waals surface area contributed by atoms with Gasteiger partial charge in [0.2, 0.25) is 0 Å². The Labute approximate surface area is 118 Å². The van der Waals surface area contributed by atoms with Gasteiger partial charge in [0.15, 0.2) is 15.7 Å². The zero-order chi connectivity index (χ0) is 14.9. The van der Waals surface area contributed by atoms with Crippen molar-refractivity contribution in [3.8, 4) is 0 Å². The predicted molar refractivity (Wildman–Crippen MR) is 76.9 cm³/mol. The van der Waals surface area contributed by atoms with Gasteiger partial charge in [-0.3, -0.25) is 0 Å². The van der Waals surface area contributed by atoms with E-state index in [9.17, 15) is 8.42 Å². The molecule has 0 amide bonds. The smallest absolute Gasteiger partial charge is 0.173 e. The lowest BCUT2D eigenvalue weighted by molar-refractivity contribution is 0.318. The van der Waals surface area contributed by atoms with Gasteiger partial charge in [0.1, 0.15) is 5.82 Å². The third kappa shape index (κ3) is 2.84. The molecule has 20 heavy (non-hydrogen) atoms. The molecule has 110 valence electrons. The largest absolute Gasteiger partial charge is 0.409 e. The second-order valence-corrected chi connectivity index (χ2v) is 7.21. The first-order valence-electron chi connectivity index (χ1n) is 6.23. The lowest BCUT2D eigenvalue weighted by Gasteiger charge is -2.26. The zero-order valence-corrected chi connectivity index (χ0v) is 12.3. The summed E-state index contributed by atoms with van der Waals surface area (Å²) in [7, 11) is -1.20. The number of nitrogens with two attached hydrogens (primary N) is 1. The second-order valence-electron chi connectivity index (χ2n) is 4.98. The first-order chi connectivity index (χ1) is 9.34. The van der Waals surface area contributed by atoms with Crippen LogP contribution in [0.15, 0.2) is 17.3 Å². The molecule has 8 heteroatoms. The van der Waals surface area contributed by atoms with Gasteiger partial charge < -0.3 is 15.8 Å². The van der Waals surface area contributed by atoms with Crippen molar-refractivity contribution in [1.29, 1.82) is 0 Å². The maximum atomic E-state index is 11.6. The first-order valence-corrected chi connectivity index (χ1v) is 8.05. The number of amidine groups is 1. The van der Waals surface area contributed by atoms with Crippen molar-refractivity contribution >= 4 is 21.5 Å². The van der Waals surface area contributed by atoms with Crippen LogP contribution in [-0.2, 0) is 9.84 Å². The molecule has 2 heterocycles. The van der Waals surface area contributed by atoms with Crippen molar-refractivity contribution in [2.24, 2.45) is 10.9 Å². The normalized spacial score (nSPS) is 21.9. The number of rotatable bonds is 3. The molecule has 1 aromatic rings. The van der Waals surface area contributed by atoms with Crippen LogP contribution in [0.1, 0.15) is 17.7 Å². The Hall–Kier alpha value is -1.83. The van der Waals surface area contributed by atoms with Crippen LogP contribution in [0.4, 0.5) is 5.82 Å². The quantitative estimate of drug-likeness (QED) is 0.355. The van der Waals surface area contributed by atoms with Crippen molar-refractivity contribution in [3.63, 3.8) is 0 Å². The van der Waals surface area contributed by atoms with Gasteiger partial charge in [-0.05, 0) is 25.5 Å². The predicted octanol–water partition coefficient (Wildman–Crippen LogP) is 0.108. The highest BCUT2D eigenvalue weighted by atomic mass is 32.2. The zero-order valence-electron chi connectivity index (χ0n) is 11.4. The Morgan fingerprint density at radius 1 is 1.55 bits per heavy atom. The highest BCUT2D eigenvalue weighted by molar-refractivity contribution is 7.91. The molecule has 0 bridgehead atoms. The van der Waals surface area contributed by atoms with Crippen molar-refractivity contribution < 1.29 is 13.6 Å². The molecular formula is C12H18N4O3S. The highest BCUT2D eigenvalue weighted by Gasteiger charge is 2.32. The topological polar surface area (TPSA) is 109 Å². The molecule has 0 aromatic carbocycles. The second kappa shape index (κ2) is 5.28. The van der Waals surface area contributed by atoms with Gasteiger partial charge in [0, 0.05) is 18.8 Å². The highest BCUT2D eigenvalue weighted by Crippen LogP contribution is 2.24. The number of anilines is 1. The van der Waals surface area contributed by atoms with Crippen LogP contribution >= 0.6 is 0 Å². The molecule has 1 saturated heterocycles. The minimum absolute atomic E-state index is 0.0415. The van der Waals surface area contributed by atoms with Crippen molar-refractivity contribution in [2.75, 3.05) is 23.5 Å². The van der Waals surface area contributed by atoms with Gasteiger partial charge in [-0.15, -0.1) is 0 Å². The molecule has 3 N–H and O–H groups in total. The Morgan fingerprint density at radius 2 is 2.25 bits per heavy atom. The summed E-state index contributed by atoms with van der Waals surface area (Å²) in [4.78, 5) is 6.19.